The van der Waals surface area contributed by atoms with Crippen LogP contribution in [0.3, 0.4) is 0 Å². The maximum Gasteiger partial charge on any atom is 0.407 e. The van der Waals surface area contributed by atoms with Gasteiger partial charge in [0.1, 0.15) is 5.60 Å². The summed E-state index contributed by atoms with van der Waals surface area (Å²) in [6.07, 6.45) is 3.61. The molecule has 0 unspecified atom stereocenters. The lowest BCUT2D eigenvalue weighted by Gasteiger charge is -2.19. The Balaban J connectivity index is 1.78. The van der Waals surface area contributed by atoms with Gasteiger partial charge in [0.2, 0.25) is 0 Å². The summed E-state index contributed by atoms with van der Waals surface area (Å²) in [6, 6.07) is 12.1. The fraction of sp³-hybridized carbons (Fsp3) is 0.353. The first-order chi connectivity index (χ1) is 10.4. The van der Waals surface area contributed by atoms with E-state index in [1.54, 1.807) is 0 Å². The van der Waals surface area contributed by atoms with Crippen molar-refractivity contribution in [2.75, 3.05) is 18.4 Å². The van der Waals surface area contributed by atoms with Crippen molar-refractivity contribution < 1.29 is 9.53 Å². The molecule has 5 heteroatoms. The molecule has 5 nitrogen and oxygen atoms in total. The molecule has 2 N–H and O–H groups in total. The summed E-state index contributed by atoms with van der Waals surface area (Å²) in [5.74, 6) is 0. The molecule has 2 rings (SSSR count). The van der Waals surface area contributed by atoms with Crippen LogP contribution in [0.15, 0.2) is 48.8 Å². The van der Waals surface area contributed by atoms with Gasteiger partial charge in [-0.2, -0.15) is 0 Å². The first-order valence-corrected chi connectivity index (χ1v) is 7.38. The van der Waals surface area contributed by atoms with Crippen molar-refractivity contribution in [3.8, 4) is 5.69 Å². The van der Waals surface area contributed by atoms with E-state index in [0.717, 1.165) is 11.4 Å². The number of ether oxygens (including phenoxy) is 1. The molecule has 22 heavy (non-hydrogen) atoms. The van der Waals surface area contributed by atoms with Crippen molar-refractivity contribution in [2.45, 2.75) is 26.4 Å². The van der Waals surface area contributed by atoms with E-state index in [9.17, 15) is 4.79 Å². The van der Waals surface area contributed by atoms with E-state index >= 15 is 0 Å². The molecule has 1 amide bonds. The number of carbonyl (C=O) groups is 1. The van der Waals surface area contributed by atoms with Crippen LogP contribution < -0.4 is 10.6 Å². The van der Waals surface area contributed by atoms with Gasteiger partial charge in [-0.1, -0.05) is 6.07 Å². The smallest absolute Gasteiger partial charge is 0.407 e. The van der Waals surface area contributed by atoms with Gasteiger partial charge in [0, 0.05) is 36.9 Å². The molecule has 0 bridgehead atoms. The third-order valence-electron chi connectivity index (χ3n) is 2.87. The quantitative estimate of drug-likeness (QED) is 0.832. The standard InChI is InChI=1S/C17H23N3O2/c1-17(2,3)22-16(21)19-10-9-18-14-7-6-8-15(13-14)20-11-4-5-12-20/h4-8,11-13,18H,9-10H2,1-3H3,(H,19,21). The van der Waals surface area contributed by atoms with Crippen LogP contribution in [0, 0.1) is 0 Å². The number of hydrogen-bond acceptors (Lipinski definition) is 3. The number of carbonyl (C=O) groups excluding carboxylic acids is 1. The van der Waals surface area contributed by atoms with Crippen LogP contribution in [0.2, 0.25) is 0 Å². The van der Waals surface area contributed by atoms with Crippen LogP contribution in [0.4, 0.5) is 10.5 Å². The van der Waals surface area contributed by atoms with Gasteiger partial charge in [0.25, 0.3) is 0 Å². The van der Waals surface area contributed by atoms with Crippen molar-refractivity contribution >= 4 is 11.8 Å². The van der Waals surface area contributed by atoms with E-state index in [0.29, 0.717) is 13.1 Å². The van der Waals surface area contributed by atoms with E-state index in [1.165, 1.54) is 0 Å². The fourth-order valence-corrected chi connectivity index (χ4v) is 1.97. The minimum atomic E-state index is -0.470. The molecular formula is C17H23N3O2. The van der Waals surface area contributed by atoms with Crippen molar-refractivity contribution in [3.05, 3.63) is 48.8 Å². The topological polar surface area (TPSA) is 55.3 Å². The number of hydrogen-bond donors (Lipinski definition) is 2. The highest BCUT2D eigenvalue weighted by atomic mass is 16.6. The van der Waals surface area contributed by atoms with Crippen molar-refractivity contribution in [2.24, 2.45) is 0 Å². The highest BCUT2D eigenvalue weighted by Crippen LogP contribution is 2.14. The lowest BCUT2D eigenvalue weighted by Crippen LogP contribution is -2.34. The summed E-state index contributed by atoms with van der Waals surface area (Å²) in [5.41, 5.74) is 1.63. The maximum atomic E-state index is 11.5. The summed E-state index contributed by atoms with van der Waals surface area (Å²) < 4.78 is 7.22. The molecule has 0 saturated heterocycles. The Morgan fingerprint density at radius 1 is 1.14 bits per heavy atom. The van der Waals surface area contributed by atoms with Crippen molar-refractivity contribution in [1.29, 1.82) is 0 Å². The SMILES string of the molecule is CC(C)(C)OC(=O)NCCNc1cccc(-n2cccc2)c1. The third kappa shape index (κ3) is 5.16. The normalized spacial score (nSPS) is 11.0. The predicted molar refractivity (Wildman–Crippen MR) is 88.5 cm³/mol. The Kier molecular flexibility index (Phi) is 5.09. The second-order valence-corrected chi connectivity index (χ2v) is 6.00. The largest absolute Gasteiger partial charge is 0.444 e. The average molecular weight is 301 g/mol. The molecule has 118 valence electrons. The lowest BCUT2D eigenvalue weighted by molar-refractivity contribution is 0.0530. The van der Waals surface area contributed by atoms with Gasteiger partial charge in [-0.05, 0) is 51.1 Å². The molecule has 0 aliphatic rings. The van der Waals surface area contributed by atoms with E-state index in [-0.39, 0.29) is 0 Å². The van der Waals surface area contributed by atoms with E-state index in [2.05, 4.69) is 16.7 Å². The van der Waals surface area contributed by atoms with Crippen LogP contribution in [0.5, 0.6) is 0 Å². The molecule has 0 aliphatic heterocycles. The lowest BCUT2D eigenvalue weighted by atomic mass is 10.2. The molecule has 1 aromatic carbocycles. The first-order valence-electron chi connectivity index (χ1n) is 7.38. The number of amides is 1. The van der Waals surface area contributed by atoms with Gasteiger partial charge in [0.15, 0.2) is 0 Å². The minimum absolute atomic E-state index is 0.393. The second kappa shape index (κ2) is 7.02. The first kappa shape index (κ1) is 15.9. The van der Waals surface area contributed by atoms with Gasteiger partial charge < -0.3 is 19.9 Å². The molecule has 0 radical (unpaired) electrons. The zero-order valence-electron chi connectivity index (χ0n) is 13.3. The highest BCUT2D eigenvalue weighted by molar-refractivity contribution is 5.67. The number of benzene rings is 1. The van der Waals surface area contributed by atoms with Crippen LogP contribution in [0.1, 0.15) is 20.8 Å². The minimum Gasteiger partial charge on any atom is -0.444 e. The molecule has 0 aliphatic carbocycles. The van der Waals surface area contributed by atoms with Gasteiger partial charge in [-0.15, -0.1) is 0 Å². The number of aromatic nitrogens is 1. The predicted octanol–water partition coefficient (Wildman–Crippen LogP) is 3.41. The van der Waals surface area contributed by atoms with Crippen LogP contribution in [0.25, 0.3) is 5.69 Å². The molecule has 1 heterocycles. The van der Waals surface area contributed by atoms with Gasteiger partial charge in [-0.25, -0.2) is 4.79 Å². The summed E-state index contributed by atoms with van der Waals surface area (Å²) in [4.78, 5) is 11.5. The maximum absolute atomic E-state index is 11.5. The summed E-state index contributed by atoms with van der Waals surface area (Å²) in [7, 11) is 0. The molecule has 2 aromatic rings. The molecule has 0 atom stereocenters. The van der Waals surface area contributed by atoms with E-state index in [1.807, 2.05) is 68.1 Å². The summed E-state index contributed by atoms with van der Waals surface area (Å²) >= 11 is 0. The Morgan fingerprint density at radius 2 is 1.86 bits per heavy atom. The average Bonchev–Trinajstić information content (AvgIpc) is 2.96. The number of alkyl carbamates (subject to hydrolysis) is 1. The molecular weight excluding hydrogens is 278 g/mol. The Labute approximate surface area is 131 Å². The van der Waals surface area contributed by atoms with Crippen molar-refractivity contribution in [3.63, 3.8) is 0 Å². The van der Waals surface area contributed by atoms with Gasteiger partial charge in [0.05, 0.1) is 0 Å². The zero-order chi connectivity index (χ0) is 16.0. The van der Waals surface area contributed by atoms with E-state index < -0.39 is 11.7 Å². The monoisotopic (exact) mass is 301 g/mol. The van der Waals surface area contributed by atoms with Crippen molar-refractivity contribution in [1.82, 2.24) is 9.88 Å². The summed E-state index contributed by atoms with van der Waals surface area (Å²) in [5, 5.41) is 6.00. The number of rotatable bonds is 5. The molecule has 0 spiro atoms. The van der Waals surface area contributed by atoms with Gasteiger partial charge in [-0.3, -0.25) is 0 Å². The number of anilines is 1. The Hall–Kier alpha value is -2.43. The number of nitrogens with one attached hydrogen (secondary N) is 2. The van der Waals surface area contributed by atoms with Crippen LogP contribution >= 0.6 is 0 Å². The second-order valence-electron chi connectivity index (χ2n) is 6.00. The summed E-state index contributed by atoms with van der Waals surface area (Å²) in [6.45, 7) is 6.67. The Bertz CT molecular complexity index is 601. The van der Waals surface area contributed by atoms with Crippen LogP contribution in [-0.2, 0) is 4.74 Å². The number of nitrogens with zero attached hydrogens (tertiary/aromatic N) is 1. The van der Waals surface area contributed by atoms with Crippen LogP contribution in [-0.4, -0.2) is 29.4 Å². The molecule has 1 aromatic heterocycles. The Morgan fingerprint density at radius 3 is 2.55 bits per heavy atom. The molecule has 0 saturated carbocycles. The third-order valence-corrected chi connectivity index (χ3v) is 2.87. The highest BCUT2D eigenvalue weighted by Gasteiger charge is 2.15. The zero-order valence-corrected chi connectivity index (χ0v) is 13.3. The van der Waals surface area contributed by atoms with Gasteiger partial charge >= 0.3 is 6.09 Å². The molecule has 0 fully saturated rings. The van der Waals surface area contributed by atoms with E-state index in [4.69, 9.17) is 4.74 Å². The fourth-order valence-electron chi connectivity index (χ4n) is 1.97.